The average molecular weight is 523 g/mol. The summed E-state index contributed by atoms with van der Waals surface area (Å²) in [6.45, 7) is 1.49. The molecule has 2 heterocycles. The Morgan fingerprint density at radius 1 is 1.17 bits per heavy atom. The summed E-state index contributed by atoms with van der Waals surface area (Å²) >= 11 is 6.17. The van der Waals surface area contributed by atoms with Crippen LogP contribution in [0.5, 0.6) is 0 Å². The van der Waals surface area contributed by atoms with Crippen molar-refractivity contribution in [1.29, 1.82) is 0 Å². The average Bonchev–Trinajstić information content (AvgIpc) is 3.31. The second-order valence-electron chi connectivity index (χ2n) is 7.04. The number of hydrogen-bond acceptors (Lipinski definition) is 3. The Labute approximate surface area is 192 Å². The van der Waals surface area contributed by atoms with Crippen molar-refractivity contribution in [3.05, 3.63) is 77.2 Å². The zero-order valence-corrected chi connectivity index (χ0v) is 19.3. The summed E-state index contributed by atoms with van der Waals surface area (Å²) in [5.74, 6) is 1.58. The fraction of sp³-hybridized carbons (Fsp3) is 0.286. The van der Waals surface area contributed by atoms with Crippen molar-refractivity contribution in [3.63, 3.8) is 0 Å². The fourth-order valence-electron chi connectivity index (χ4n) is 3.30. The SMILES string of the molecule is CN=C(NCc1ccnc(-n2cccn2)c1)NCC1(c2cccc(Cl)c2)CC1.I. The Balaban J connectivity index is 0.00000240. The van der Waals surface area contributed by atoms with Gasteiger partial charge in [0, 0.05) is 49.2 Å². The number of benzene rings is 1. The quantitative estimate of drug-likeness (QED) is 0.292. The third-order valence-electron chi connectivity index (χ3n) is 5.12. The van der Waals surface area contributed by atoms with Crippen molar-refractivity contribution in [2.45, 2.75) is 24.8 Å². The molecule has 1 saturated carbocycles. The molecule has 0 unspecified atom stereocenters. The molecule has 152 valence electrons. The molecule has 2 N–H and O–H groups in total. The minimum absolute atomic E-state index is 0. The van der Waals surface area contributed by atoms with Crippen LogP contribution < -0.4 is 10.6 Å². The molecule has 0 spiro atoms. The maximum atomic E-state index is 6.17. The molecule has 2 aromatic heterocycles. The molecular weight excluding hydrogens is 499 g/mol. The minimum Gasteiger partial charge on any atom is -0.356 e. The van der Waals surface area contributed by atoms with Gasteiger partial charge in [0.2, 0.25) is 0 Å². The molecule has 29 heavy (non-hydrogen) atoms. The van der Waals surface area contributed by atoms with E-state index < -0.39 is 0 Å². The van der Waals surface area contributed by atoms with Gasteiger partial charge in [-0.15, -0.1) is 24.0 Å². The molecule has 1 aliphatic rings. The molecule has 0 atom stereocenters. The number of pyridine rings is 1. The van der Waals surface area contributed by atoms with E-state index in [-0.39, 0.29) is 29.4 Å². The van der Waals surface area contributed by atoms with E-state index in [2.05, 4.69) is 37.8 Å². The lowest BCUT2D eigenvalue weighted by Gasteiger charge is -2.19. The monoisotopic (exact) mass is 522 g/mol. The van der Waals surface area contributed by atoms with Crippen LogP contribution in [0, 0.1) is 0 Å². The van der Waals surface area contributed by atoms with Gasteiger partial charge in [0.25, 0.3) is 0 Å². The first-order valence-electron chi connectivity index (χ1n) is 9.34. The number of hydrogen-bond donors (Lipinski definition) is 2. The van der Waals surface area contributed by atoms with Gasteiger partial charge in [-0.25, -0.2) is 9.67 Å². The number of rotatable bonds is 6. The van der Waals surface area contributed by atoms with Crippen LogP contribution in [-0.2, 0) is 12.0 Å². The molecule has 6 nitrogen and oxygen atoms in total. The van der Waals surface area contributed by atoms with Crippen LogP contribution in [0.3, 0.4) is 0 Å². The Morgan fingerprint density at radius 2 is 2.03 bits per heavy atom. The van der Waals surface area contributed by atoms with Crippen LogP contribution in [0.15, 0.2) is 66.0 Å². The van der Waals surface area contributed by atoms with Crippen LogP contribution in [0.25, 0.3) is 5.82 Å². The van der Waals surface area contributed by atoms with E-state index in [0.29, 0.717) is 6.54 Å². The molecule has 0 aliphatic heterocycles. The zero-order valence-electron chi connectivity index (χ0n) is 16.2. The largest absolute Gasteiger partial charge is 0.356 e. The molecule has 1 aromatic carbocycles. The lowest BCUT2D eigenvalue weighted by atomic mass is 9.96. The molecule has 8 heteroatoms. The highest BCUT2D eigenvalue weighted by molar-refractivity contribution is 14.0. The first-order chi connectivity index (χ1) is 13.7. The lowest BCUT2D eigenvalue weighted by molar-refractivity contribution is 0.645. The Hall–Kier alpha value is -2.13. The fourth-order valence-corrected chi connectivity index (χ4v) is 3.49. The van der Waals surface area contributed by atoms with E-state index in [1.54, 1.807) is 24.1 Å². The van der Waals surface area contributed by atoms with E-state index in [1.165, 1.54) is 5.56 Å². The van der Waals surface area contributed by atoms with E-state index in [1.807, 2.05) is 36.5 Å². The van der Waals surface area contributed by atoms with Crippen molar-refractivity contribution in [3.8, 4) is 5.82 Å². The van der Waals surface area contributed by atoms with Gasteiger partial charge in [0.15, 0.2) is 11.8 Å². The molecule has 0 saturated heterocycles. The molecule has 4 rings (SSSR count). The van der Waals surface area contributed by atoms with Crippen molar-refractivity contribution in [1.82, 2.24) is 25.4 Å². The smallest absolute Gasteiger partial charge is 0.191 e. The number of guanidine groups is 1. The lowest BCUT2D eigenvalue weighted by Crippen LogP contribution is -2.40. The normalized spacial score (nSPS) is 14.8. The summed E-state index contributed by atoms with van der Waals surface area (Å²) in [5.41, 5.74) is 2.56. The number of nitrogens with zero attached hydrogens (tertiary/aromatic N) is 4. The topological polar surface area (TPSA) is 67.1 Å². The second kappa shape index (κ2) is 9.58. The molecule has 3 aromatic rings. The molecule has 0 radical (unpaired) electrons. The standard InChI is InChI=1S/C21H23ClN6.HI/c1-23-20(26-15-21(7-8-21)17-4-2-5-18(22)13-17)25-14-16-6-10-24-19(12-16)28-11-3-9-27-28;/h2-6,9-13H,7-8,14-15H2,1H3,(H2,23,25,26);1H. The van der Waals surface area contributed by atoms with Crippen LogP contribution in [-0.4, -0.2) is 34.3 Å². The second-order valence-corrected chi connectivity index (χ2v) is 7.48. The van der Waals surface area contributed by atoms with Gasteiger partial charge >= 0.3 is 0 Å². The summed E-state index contributed by atoms with van der Waals surface area (Å²) in [5, 5.41) is 11.9. The predicted octanol–water partition coefficient (Wildman–Crippen LogP) is 3.94. The first kappa shape index (κ1) is 21.6. The van der Waals surface area contributed by atoms with Crippen LogP contribution in [0.4, 0.5) is 0 Å². The first-order valence-corrected chi connectivity index (χ1v) is 9.72. The van der Waals surface area contributed by atoms with E-state index in [9.17, 15) is 0 Å². The third kappa shape index (κ3) is 5.27. The molecule has 0 amide bonds. The van der Waals surface area contributed by atoms with Gasteiger partial charge in [-0.1, -0.05) is 23.7 Å². The zero-order chi connectivity index (χ0) is 19.4. The maximum Gasteiger partial charge on any atom is 0.191 e. The maximum absolute atomic E-state index is 6.17. The summed E-state index contributed by atoms with van der Waals surface area (Å²) in [4.78, 5) is 8.72. The van der Waals surface area contributed by atoms with Gasteiger partial charge in [0.05, 0.1) is 0 Å². The van der Waals surface area contributed by atoms with Gasteiger partial charge in [-0.2, -0.15) is 5.10 Å². The van der Waals surface area contributed by atoms with Gasteiger partial charge < -0.3 is 10.6 Å². The number of nitrogens with one attached hydrogen (secondary N) is 2. The predicted molar refractivity (Wildman–Crippen MR) is 127 cm³/mol. The Kier molecular flexibility index (Phi) is 7.13. The van der Waals surface area contributed by atoms with Crippen molar-refractivity contribution in [2.75, 3.05) is 13.6 Å². The summed E-state index contributed by atoms with van der Waals surface area (Å²) in [6, 6.07) is 14.0. The van der Waals surface area contributed by atoms with Crippen LogP contribution >= 0.6 is 35.6 Å². The number of aromatic nitrogens is 3. The Morgan fingerprint density at radius 3 is 2.72 bits per heavy atom. The number of aliphatic imine (C=N–C) groups is 1. The van der Waals surface area contributed by atoms with Crippen molar-refractivity contribution >= 4 is 41.5 Å². The van der Waals surface area contributed by atoms with E-state index >= 15 is 0 Å². The van der Waals surface area contributed by atoms with Gasteiger partial charge in [0.1, 0.15) is 0 Å². The summed E-state index contributed by atoms with van der Waals surface area (Å²) in [6.07, 6.45) is 7.74. The highest BCUT2D eigenvalue weighted by Gasteiger charge is 2.44. The third-order valence-corrected chi connectivity index (χ3v) is 5.35. The molecule has 0 bridgehead atoms. The van der Waals surface area contributed by atoms with E-state index in [0.717, 1.165) is 41.7 Å². The summed E-state index contributed by atoms with van der Waals surface area (Å²) < 4.78 is 1.75. The van der Waals surface area contributed by atoms with Crippen molar-refractivity contribution in [2.24, 2.45) is 4.99 Å². The van der Waals surface area contributed by atoms with Crippen LogP contribution in [0.1, 0.15) is 24.0 Å². The highest BCUT2D eigenvalue weighted by Crippen LogP contribution is 2.48. The number of halogens is 2. The van der Waals surface area contributed by atoms with Crippen molar-refractivity contribution < 1.29 is 0 Å². The summed E-state index contributed by atoms with van der Waals surface area (Å²) in [7, 11) is 1.79. The molecular formula is C21H24ClIN6. The minimum atomic E-state index is 0. The molecule has 1 aliphatic carbocycles. The molecule has 1 fully saturated rings. The van der Waals surface area contributed by atoms with E-state index in [4.69, 9.17) is 11.6 Å². The Bertz CT molecular complexity index is 969. The van der Waals surface area contributed by atoms with Gasteiger partial charge in [-0.3, -0.25) is 4.99 Å². The van der Waals surface area contributed by atoms with Gasteiger partial charge in [-0.05, 0) is 54.3 Å². The van der Waals surface area contributed by atoms with Crippen LogP contribution in [0.2, 0.25) is 5.02 Å². The highest BCUT2D eigenvalue weighted by atomic mass is 127.